The second-order valence-corrected chi connectivity index (χ2v) is 10.9. The van der Waals surface area contributed by atoms with Gasteiger partial charge in [-0.25, -0.2) is 4.99 Å². The van der Waals surface area contributed by atoms with Gasteiger partial charge in [0.15, 0.2) is 16.7 Å². The van der Waals surface area contributed by atoms with Crippen molar-refractivity contribution in [3.8, 4) is 11.5 Å². The zero-order valence-corrected chi connectivity index (χ0v) is 24.2. The molecular formula is C32H26Cl2N2O3S. The molecule has 0 radical (unpaired) electrons. The van der Waals surface area contributed by atoms with Crippen LogP contribution in [0.4, 0.5) is 5.69 Å². The average Bonchev–Trinajstić information content (AvgIpc) is 3.28. The molecule has 1 saturated heterocycles. The number of hydrogen-bond donors (Lipinski definition) is 0. The van der Waals surface area contributed by atoms with Gasteiger partial charge in [-0.05, 0) is 77.9 Å². The molecule has 4 aromatic rings. The molecule has 8 heteroatoms. The lowest BCUT2D eigenvalue weighted by Gasteiger charge is -2.24. The zero-order valence-electron chi connectivity index (χ0n) is 21.9. The van der Waals surface area contributed by atoms with E-state index < -0.39 is 0 Å². The molecule has 0 unspecified atom stereocenters. The molecule has 1 fully saturated rings. The normalized spacial score (nSPS) is 16.0. The van der Waals surface area contributed by atoms with E-state index in [1.54, 1.807) is 24.1 Å². The lowest BCUT2D eigenvalue weighted by atomic mass is 10.1. The number of aliphatic imine (C=N–C) groups is 1. The van der Waals surface area contributed by atoms with Crippen LogP contribution in [0.1, 0.15) is 29.7 Å². The van der Waals surface area contributed by atoms with Gasteiger partial charge in [-0.15, -0.1) is 0 Å². The third-order valence-corrected chi connectivity index (χ3v) is 8.07. The predicted molar refractivity (Wildman–Crippen MR) is 165 cm³/mol. The van der Waals surface area contributed by atoms with Crippen LogP contribution >= 0.6 is 35.0 Å². The molecule has 0 bridgehead atoms. The van der Waals surface area contributed by atoms with E-state index in [9.17, 15) is 4.79 Å². The van der Waals surface area contributed by atoms with Gasteiger partial charge in [-0.2, -0.15) is 0 Å². The first-order valence-electron chi connectivity index (χ1n) is 12.6. The summed E-state index contributed by atoms with van der Waals surface area (Å²) in [6.45, 7) is 2.31. The molecule has 1 aliphatic rings. The Labute approximate surface area is 248 Å². The van der Waals surface area contributed by atoms with Crippen molar-refractivity contribution in [2.45, 2.75) is 19.6 Å². The third kappa shape index (κ3) is 6.36. The van der Waals surface area contributed by atoms with Gasteiger partial charge in [0.1, 0.15) is 6.61 Å². The third-order valence-electron chi connectivity index (χ3n) is 6.35. The number of para-hydroxylation sites is 1. The van der Waals surface area contributed by atoms with Crippen LogP contribution in [0.5, 0.6) is 11.5 Å². The lowest BCUT2D eigenvalue weighted by molar-refractivity contribution is -0.123. The SMILES string of the molecule is COc1cc(/C=C2/SC(=Nc3ccccc3)N([C@@H](C)c3ccccc3)C2=O)ccc1OCc1ccc(Cl)c(Cl)c1. The molecule has 0 spiro atoms. The van der Waals surface area contributed by atoms with E-state index in [2.05, 4.69) is 0 Å². The summed E-state index contributed by atoms with van der Waals surface area (Å²) in [5.41, 5.74) is 3.51. The molecule has 1 aliphatic heterocycles. The fraction of sp³-hybridized carbons (Fsp3) is 0.125. The van der Waals surface area contributed by atoms with Gasteiger partial charge >= 0.3 is 0 Å². The molecule has 0 aliphatic carbocycles. The van der Waals surface area contributed by atoms with Crippen LogP contribution in [0, 0.1) is 0 Å². The number of halogens is 2. The number of methoxy groups -OCH3 is 1. The zero-order chi connectivity index (χ0) is 28.1. The number of rotatable bonds is 8. The molecule has 1 heterocycles. The van der Waals surface area contributed by atoms with Crippen molar-refractivity contribution in [1.29, 1.82) is 0 Å². The van der Waals surface area contributed by atoms with Crippen molar-refractivity contribution in [2.24, 2.45) is 4.99 Å². The van der Waals surface area contributed by atoms with E-state index in [0.29, 0.717) is 38.2 Å². The van der Waals surface area contributed by atoms with Crippen molar-refractivity contribution in [1.82, 2.24) is 4.90 Å². The average molecular weight is 590 g/mol. The first kappa shape index (κ1) is 27.8. The fourth-order valence-electron chi connectivity index (χ4n) is 4.23. The van der Waals surface area contributed by atoms with Crippen molar-refractivity contribution in [3.63, 3.8) is 0 Å². The molecule has 5 rings (SSSR count). The van der Waals surface area contributed by atoms with Crippen LogP contribution in [0.3, 0.4) is 0 Å². The molecule has 0 aromatic heterocycles. The first-order valence-corrected chi connectivity index (χ1v) is 14.2. The van der Waals surface area contributed by atoms with Crippen molar-refractivity contribution in [2.75, 3.05) is 7.11 Å². The highest BCUT2D eigenvalue weighted by Crippen LogP contribution is 2.40. The molecule has 5 nitrogen and oxygen atoms in total. The minimum Gasteiger partial charge on any atom is -0.493 e. The lowest BCUT2D eigenvalue weighted by Crippen LogP contribution is -2.32. The summed E-state index contributed by atoms with van der Waals surface area (Å²) in [7, 11) is 1.58. The Morgan fingerprint density at radius 2 is 1.62 bits per heavy atom. The summed E-state index contributed by atoms with van der Waals surface area (Å²) in [6, 6.07) is 30.4. The second-order valence-electron chi connectivity index (χ2n) is 9.05. The monoisotopic (exact) mass is 588 g/mol. The fourth-order valence-corrected chi connectivity index (χ4v) is 5.62. The highest BCUT2D eigenvalue weighted by molar-refractivity contribution is 8.18. The van der Waals surface area contributed by atoms with Gasteiger partial charge in [0.05, 0.1) is 33.8 Å². The van der Waals surface area contributed by atoms with E-state index in [-0.39, 0.29) is 11.9 Å². The van der Waals surface area contributed by atoms with E-state index in [1.165, 1.54) is 11.8 Å². The number of ether oxygens (including phenoxy) is 2. The van der Waals surface area contributed by atoms with Gasteiger partial charge in [-0.1, -0.05) is 83.9 Å². The maximum Gasteiger partial charge on any atom is 0.267 e. The van der Waals surface area contributed by atoms with E-state index in [4.69, 9.17) is 37.7 Å². The summed E-state index contributed by atoms with van der Waals surface area (Å²) in [6.07, 6.45) is 1.86. The van der Waals surface area contributed by atoms with E-state index in [0.717, 1.165) is 22.4 Å². The van der Waals surface area contributed by atoms with Crippen molar-refractivity contribution >= 4 is 57.8 Å². The molecule has 202 valence electrons. The van der Waals surface area contributed by atoms with Crippen molar-refractivity contribution in [3.05, 3.63) is 129 Å². The second kappa shape index (κ2) is 12.6. The smallest absolute Gasteiger partial charge is 0.267 e. The van der Waals surface area contributed by atoms with Crippen LogP contribution in [-0.2, 0) is 11.4 Å². The minimum absolute atomic E-state index is 0.102. The molecule has 0 N–H and O–H groups in total. The summed E-state index contributed by atoms with van der Waals surface area (Å²) in [5.74, 6) is 1.03. The molecule has 0 saturated carbocycles. The number of carbonyl (C=O) groups is 1. The van der Waals surface area contributed by atoms with Crippen LogP contribution in [-0.4, -0.2) is 23.1 Å². The highest BCUT2D eigenvalue weighted by atomic mass is 35.5. The standard InChI is InChI=1S/C32H26Cl2N2O3S/c1-21(24-9-5-3-6-10-24)36-31(37)30(40-32(36)35-25-11-7-4-8-12-25)19-22-14-16-28(29(18-22)38-2)39-20-23-13-15-26(33)27(34)17-23/h3-19,21H,20H2,1-2H3/b30-19+,35-32?/t21-/m0/s1. The maximum absolute atomic E-state index is 13.7. The minimum atomic E-state index is -0.193. The Kier molecular flexibility index (Phi) is 8.80. The van der Waals surface area contributed by atoms with Crippen LogP contribution in [0.25, 0.3) is 6.08 Å². The number of thioether (sulfide) groups is 1. The number of hydrogen-bond acceptors (Lipinski definition) is 5. The van der Waals surface area contributed by atoms with Crippen LogP contribution in [0.15, 0.2) is 107 Å². The first-order chi connectivity index (χ1) is 19.4. The highest BCUT2D eigenvalue weighted by Gasteiger charge is 2.37. The topological polar surface area (TPSA) is 51.1 Å². The van der Waals surface area contributed by atoms with Gasteiger partial charge in [0.25, 0.3) is 5.91 Å². The van der Waals surface area contributed by atoms with E-state index in [1.807, 2.05) is 97.9 Å². The number of carbonyl (C=O) groups excluding carboxylic acids is 1. The Morgan fingerprint density at radius 1 is 0.900 bits per heavy atom. The van der Waals surface area contributed by atoms with Crippen LogP contribution < -0.4 is 9.47 Å². The number of amides is 1. The van der Waals surface area contributed by atoms with Gasteiger partial charge in [-0.3, -0.25) is 9.69 Å². The molecule has 1 amide bonds. The van der Waals surface area contributed by atoms with Gasteiger partial charge in [0, 0.05) is 0 Å². The Bertz CT molecular complexity index is 1580. The summed E-state index contributed by atoms with van der Waals surface area (Å²) in [5, 5.41) is 1.60. The predicted octanol–water partition coefficient (Wildman–Crippen LogP) is 8.95. The molecule has 1 atom stereocenters. The number of benzene rings is 4. The molecular weight excluding hydrogens is 563 g/mol. The number of amidine groups is 1. The summed E-state index contributed by atoms with van der Waals surface area (Å²) >= 11 is 13.5. The molecule has 4 aromatic carbocycles. The Balaban J connectivity index is 1.42. The summed E-state index contributed by atoms with van der Waals surface area (Å²) < 4.78 is 11.6. The Hall–Kier alpha value is -3.71. The Morgan fingerprint density at radius 3 is 2.33 bits per heavy atom. The molecule has 40 heavy (non-hydrogen) atoms. The van der Waals surface area contributed by atoms with Crippen LogP contribution in [0.2, 0.25) is 10.0 Å². The van der Waals surface area contributed by atoms with E-state index >= 15 is 0 Å². The van der Waals surface area contributed by atoms with Gasteiger partial charge in [0.2, 0.25) is 0 Å². The van der Waals surface area contributed by atoms with Crippen molar-refractivity contribution < 1.29 is 14.3 Å². The van der Waals surface area contributed by atoms with Gasteiger partial charge < -0.3 is 9.47 Å². The largest absolute Gasteiger partial charge is 0.493 e. The maximum atomic E-state index is 13.7. The number of nitrogens with zero attached hydrogens (tertiary/aromatic N) is 2. The quantitative estimate of drug-likeness (QED) is 0.193. The summed E-state index contributed by atoms with van der Waals surface area (Å²) in [4.78, 5) is 20.9.